The summed E-state index contributed by atoms with van der Waals surface area (Å²) < 4.78 is 14.0. The largest absolute Gasteiger partial charge is 0.337 e. The van der Waals surface area contributed by atoms with Gasteiger partial charge in [0.15, 0.2) is 0 Å². The van der Waals surface area contributed by atoms with Crippen molar-refractivity contribution in [2.75, 3.05) is 26.2 Å². The topological polar surface area (TPSA) is 40.6 Å². The Hall–Kier alpha value is -2.11. The van der Waals surface area contributed by atoms with Crippen molar-refractivity contribution in [1.82, 2.24) is 9.80 Å². The molecule has 1 aliphatic rings. The van der Waals surface area contributed by atoms with Gasteiger partial charge in [-0.15, -0.1) is 0 Å². The molecule has 0 bridgehead atoms. The summed E-state index contributed by atoms with van der Waals surface area (Å²) >= 11 is 11.8. The van der Waals surface area contributed by atoms with Crippen molar-refractivity contribution in [3.63, 3.8) is 0 Å². The standard InChI is InChI=1S/C19H17Cl2FN2O2/c20-14-7-5-13(6-8-14)18(25)23-9-2-10-24(12-11-23)19(26)17-15(21)3-1-4-16(17)22/h1,3-8H,2,9-12H2. The van der Waals surface area contributed by atoms with Gasteiger partial charge in [-0.25, -0.2) is 4.39 Å². The molecule has 0 atom stereocenters. The highest BCUT2D eigenvalue weighted by molar-refractivity contribution is 6.33. The molecule has 0 radical (unpaired) electrons. The Bertz CT molecular complexity index is 807. The second-order valence-corrected chi connectivity index (χ2v) is 6.89. The molecule has 0 saturated carbocycles. The first-order valence-corrected chi connectivity index (χ1v) is 9.01. The summed E-state index contributed by atoms with van der Waals surface area (Å²) in [5, 5.41) is 0.657. The number of carbonyl (C=O) groups is 2. The van der Waals surface area contributed by atoms with Crippen LogP contribution in [0.5, 0.6) is 0 Å². The van der Waals surface area contributed by atoms with Crippen LogP contribution in [0.3, 0.4) is 0 Å². The summed E-state index contributed by atoms with van der Waals surface area (Å²) in [6, 6.07) is 10.9. The first-order chi connectivity index (χ1) is 12.5. The molecular weight excluding hydrogens is 378 g/mol. The number of benzene rings is 2. The summed E-state index contributed by atoms with van der Waals surface area (Å²) in [5.41, 5.74) is 0.429. The van der Waals surface area contributed by atoms with E-state index < -0.39 is 11.7 Å². The average molecular weight is 395 g/mol. The van der Waals surface area contributed by atoms with Crippen molar-refractivity contribution in [2.24, 2.45) is 0 Å². The van der Waals surface area contributed by atoms with E-state index in [-0.39, 0.29) is 16.5 Å². The van der Waals surface area contributed by atoms with Crippen LogP contribution in [0, 0.1) is 5.82 Å². The predicted molar refractivity (Wildman–Crippen MR) is 99.3 cm³/mol. The van der Waals surface area contributed by atoms with Crippen LogP contribution in [-0.4, -0.2) is 47.8 Å². The quantitative estimate of drug-likeness (QED) is 0.768. The number of hydrogen-bond donors (Lipinski definition) is 0. The number of halogens is 3. The van der Waals surface area contributed by atoms with Crippen molar-refractivity contribution in [3.8, 4) is 0 Å². The van der Waals surface area contributed by atoms with E-state index in [2.05, 4.69) is 0 Å². The Labute approximate surface area is 161 Å². The molecule has 2 amide bonds. The highest BCUT2D eigenvalue weighted by Crippen LogP contribution is 2.22. The Morgan fingerprint density at radius 3 is 2.08 bits per heavy atom. The SMILES string of the molecule is O=C(c1ccc(Cl)cc1)N1CCCN(C(=O)c2c(F)cccc2Cl)CC1. The fourth-order valence-corrected chi connectivity index (χ4v) is 3.33. The molecule has 0 spiro atoms. The predicted octanol–water partition coefficient (Wildman–Crippen LogP) is 4.12. The lowest BCUT2D eigenvalue weighted by atomic mass is 10.1. The van der Waals surface area contributed by atoms with Gasteiger partial charge >= 0.3 is 0 Å². The van der Waals surface area contributed by atoms with Gasteiger partial charge in [-0.05, 0) is 42.8 Å². The Kier molecular flexibility index (Phi) is 5.79. The summed E-state index contributed by atoms with van der Waals surface area (Å²) in [6.07, 6.45) is 0.608. The molecule has 1 fully saturated rings. The third-order valence-corrected chi connectivity index (χ3v) is 4.91. The van der Waals surface area contributed by atoms with Crippen LogP contribution < -0.4 is 0 Å². The second-order valence-electron chi connectivity index (χ2n) is 6.04. The van der Waals surface area contributed by atoms with Gasteiger partial charge in [0.2, 0.25) is 0 Å². The van der Waals surface area contributed by atoms with E-state index in [0.29, 0.717) is 43.2 Å². The maximum Gasteiger partial charge on any atom is 0.258 e. The molecule has 136 valence electrons. The van der Waals surface area contributed by atoms with E-state index in [1.165, 1.54) is 18.2 Å². The van der Waals surface area contributed by atoms with Gasteiger partial charge in [0.25, 0.3) is 11.8 Å². The first kappa shape index (κ1) is 18.7. The number of amides is 2. The summed E-state index contributed by atoms with van der Waals surface area (Å²) in [5.74, 6) is -1.20. The molecule has 4 nitrogen and oxygen atoms in total. The monoisotopic (exact) mass is 394 g/mol. The van der Waals surface area contributed by atoms with E-state index in [4.69, 9.17) is 23.2 Å². The maximum atomic E-state index is 14.0. The van der Waals surface area contributed by atoms with Gasteiger partial charge in [-0.1, -0.05) is 29.3 Å². The smallest absolute Gasteiger partial charge is 0.258 e. The minimum absolute atomic E-state index is 0.0911. The zero-order valence-corrected chi connectivity index (χ0v) is 15.4. The average Bonchev–Trinajstić information content (AvgIpc) is 2.87. The van der Waals surface area contributed by atoms with Crippen molar-refractivity contribution in [1.29, 1.82) is 0 Å². The molecule has 0 aromatic heterocycles. The van der Waals surface area contributed by atoms with Gasteiger partial charge < -0.3 is 9.80 Å². The lowest BCUT2D eigenvalue weighted by molar-refractivity contribution is 0.0716. The van der Waals surface area contributed by atoms with E-state index in [0.717, 1.165) is 0 Å². The van der Waals surface area contributed by atoms with Crippen LogP contribution in [0.1, 0.15) is 27.1 Å². The molecule has 1 heterocycles. The van der Waals surface area contributed by atoms with Crippen molar-refractivity contribution < 1.29 is 14.0 Å². The number of carbonyl (C=O) groups excluding carboxylic acids is 2. The third kappa shape index (κ3) is 4.00. The highest BCUT2D eigenvalue weighted by Gasteiger charge is 2.26. The normalized spacial score (nSPS) is 14.9. The molecular formula is C19H17Cl2FN2O2. The molecule has 1 saturated heterocycles. The lowest BCUT2D eigenvalue weighted by Crippen LogP contribution is -2.37. The molecule has 1 aliphatic heterocycles. The summed E-state index contributed by atoms with van der Waals surface area (Å²) in [6.45, 7) is 1.66. The van der Waals surface area contributed by atoms with Crippen LogP contribution in [0.2, 0.25) is 10.0 Å². The van der Waals surface area contributed by atoms with Crippen LogP contribution >= 0.6 is 23.2 Å². The molecule has 0 N–H and O–H groups in total. The Balaban J connectivity index is 1.71. The van der Waals surface area contributed by atoms with Gasteiger partial charge in [0.1, 0.15) is 5.82 Å². The fourth-order valence-electron chi connectivity index (χ4n) is 2.96. The molecule has 2 aromatic rings. The third-order valence-electron chi connectivity index (χ3n) is 4.34. The zero-order valence-electron chi connectivity index (χ0n) is 13.9. The van der Waals surface area contributed by atoms with Gasteiger partial charge in [0.05, 0.1) is 10.6 Å². The van der Waals surface area contributed by atoms with Crippen LogP contribution in [0.25, 0.3) is 0 Å². The van der Waals surface area contributed by atoms with E-state index in [9.17, 15) is 14.0 Å². The van der Waals surface area contributed by atoms with Gasteiger partial charge in [0, 0.05) is 36.8 Å². The molecule has 0 aliphatic carbocycles. The highest BCUT2D eigenvalue weighted by atomic mass is 35.5. The van der Waals surface area contributed by atoms with E-state index >= 15 is 0 Å². The van der Waals surface area contributed by atoms with Crippen molar-refractivity contribution >= 4 is 35.0 Å². The number of nitrogens with zero attached hydrogens (tertiary/aromatic N) is 2. The minimum atomic E-state index is -0.638. The fraction of sp³-hybridized carbons (Fsp3) is 0.263. The Morgan fingerprint density at radius 1 is 0.846 bits per heavy atom. The summed E-state index contributed by atoms with van der Waals surface area (Å²) in [7, 11) is 0. The first-order valence-electron chi connectivity index (χ1n) is 8.25. The molecule has 3 rings (SSSR count). The van der Waals surface area contributed by atoms with Gasteiger partial charge in [-0.2, -0.15) is 0 Å². The van der Waals surface area contributed by atoms with Crippen molar-refractivity contribution in [3.05, 3.63) is 69.5 Å². The van der Waals surface area contributed by atoms with Crippen LogP contribution in [0.15, 0.2) is 42.5 Å². The van der Waals surface area contributed by atoms with Crippen LogP contribution in [0.4, 0.5) is 4.39 Å². The Morgan fingerprint density at radius 2 is 1.46 bits per heavy atom. The summed E-state index contributed by atoms with van der Waals surface area (Å²) in [4.78, 5) is 28.5. The molecule has 0 unspecified atom stereocenters. The maximum absolute atomic E-state index is 14.0. The van der Waals surface area contributed by atoms with E-state index in [1.54, 1.807) is 34.1 Å². The second kappa shape index (κ2) is 8.06. The number of rotatable bonds is 2. The number of hydrogen-bond acceptors (Lipinski definition) is 2. The lowest BCUT2D eigenvalue weighted by Gasteiger charge is -2.23. The molecule has 2 aromatic carbocycles. The minimum Gasteiger partial charge on any atom is -0.337 e. The van der Waals surface area contributed by atoms with Gasteiger partial charge in [-0.3, -0.25) is 9.59 Å². The molecule has 7 heteroatoms. The van der Waals surface area contributed by atoms with Crippen molar-refractivity contribution in [2.45, 2.75) is 6.42 Å². The molecule has 26 heavy (non-hydrogen) atoms. The zero-order chi connectivity index (χ0) is 18.7. The van der Waals surface area contributed by atoms with Crippen LogP contribution in [-0.2, 0) is 0 Å². The van der Waals surface area contributed by atoms with E-state index in [1.807, 2.05) is 0 Å².